The predicted molar refractivity (Wildman–Crippen MR) is 57.3 cm³/mol. The van der Waals surface area contributed by atoms with Crippen LogP contribution in [0.25, 0.3) is 0 Å². The van der Waals surface area contributed by atoms with Crippen molar-refractivity contribution in [3.05, 3.63) is 24.3 Å². The van der Waals surface area contributed by atoms with E-state index in [0.717, 1.165) is 0 Å². The molecule has 0 saturated heterocycles. The van der Waals surface area contributed by atoms with Crippen LogP contribution in [0.1, 0.15) is 0 Å². The second-order valence-electron chi connectivity index (χ2n) is 2.89. The van der Waals surface area contributed by atoms with Crippen LogP contribution in [-0.4, -0.2) is 24.7 Å². The molecule has 0 aliphatic carbocycles. The maximum absolute atomic E-state index is 12.0. The van der Waals surface area contributed by atoms with Crippen LogP contribution in [0.3, 0.4) is 0 Å². The van der Waals surface area contributed by atoms with E-state index in [1.165, 1.54) is 6.07 Å². The lowest BCUT2D eigenvalue weighted by molar-refractivity contribution is -0.153. The molecule has 1 rings (SSSR count). The standard InChI is InChI=1S/C10H10BrF3O2/c11-5-6-15-8-3-1-2-4-9(8)16-7-10(12,13)14/h1-4H,5-7H2. The number of hydrogen-bond acceptors (Lipinski definition) is 2. The average Bonchev–Trinajstić information content (AvgIpc) is 2.23. The van der Waals surface area contributed by atoms with Crippen molar-refractivity contribution in [2.45, 2.75) is 6.18 Å². The molecule has 0 N–H and O–H groups in total. The molecule has 0 fully saturated rings. The van der Waals surface area contributed by atoms with Crippen molar-refractivity contribution in [3.8, 4) is 11.5 Å². The van der Waals surface area contributed by atoms with Gasteiger partial charge in [-0.2, -0.15) is 13.2 Å². The summed E-state index contributed by atoms with van der Waals surface area (Å²) in [6.45, 7) is -0.950. The van der Waals surface area contributed by atoms with Gasteiger partial charge in [0.25, 0.3) is 0 Å². The van der Waals surface area contributed by atoms with Crippen molar-refractivity contribution in [1.29, 1.82) is 0 Å². The molecule has 1 aromatic rings. The van der Waals surface area contributed by atoms with Gasteiger partial charge >= 0.3 is 6.18 Å². The lowest BCUT2D eigenvalue weighted by Gasteiger charge is -2.13. The summed E-state index contributed by atoms with van der Waals surface area (Å²) >= 11 is 3.16. The second kappa shape index (κ2) is 5.98. The number of rotatable bonds is 5. The Kier molecular flexibility index (Phi) is 4.92. The number of halogens is 4. The molecular weight excluding hydrogens is 289 g/mol. The fourth-order valence-electron chi connectivity index (χ4n) is 0.997. The summed E-state index contributed by atoms with van der Waals surface area (Å²) in [7, 11) is 0. The SMILES string of the molecule is FC(F)(F)COc1ccccc1OCCBr. The molecule has 0 atom stereocenters. The van der Waals surface area contributed by atoms with Crippen LogP contribution in [0.5, 0.6) is 11.5 Å². The number of ether oxygens (including phenoxy) is 2. The maximum atomic E-state index is 12.0. The second-order valence-corrected chi connectivity index (χ2v) is 3.68. The average molecular weight is 299 g/mol. The Morgan fingerprint density at radius 2 is 1.62 bits per heavy atom. The van der Waals surface area contributed by atoms with Crippen molar-refractivity contribution < 1.29 is 22.6 Å². The third-order valence-corrected chi connectivity index (χ3v) is 1.90. The highest BCUT2D eigenvalue weighted by Gasteiger charge is 2.28. The molecule has 0 unspecified atom stereocenters. The van der Waals surface area contributed by atoms with Gasteiger partial charge in [0.15, 0.2) is 18.1 Å². The van der Waals surface area contributed by atoms with Crippen molar-refractivity contribution in [3.63, 3.8) is 0 Å². The zero-order valence-electron chi connectivity index (χ0n) is 8.26. The van der Waals surface area contributed by atoms with Gasteiger partial charge in [0.1, 0.15) is 0 Å². The van der Waals surface area contributed by atoms with Crippen molar-refractivity contribution in [2.24, 2.45) is 0 Å². The molecule has 0 amide bonds. The maximum Gasteiger partial charge on any atom is 0.422 e. The fraction of sp³-hybridized carbons (Fsp3) is 0.400. The van der Waals surface area contributed by atoms with E-state index in [0.29, 0.717) is 17.7 Å². The Morgan fingerprint density at radius 1 is 1.06 bits per heavy atom. The first-order valence-electron chi connectivity index (χ1n) is 4.50. The molecule has 6 heteroatoms. The lowest BCUT2D eigenvalue weighted by atomic mass is 10.3. The molecule has 0 aromatic heterocycles. The van der Waals surface area contributed by atoms with Crippen molar-refractivity contribution >= 4 is 15.9 Å². The number of para-hydroxylation sites is 2. The van der Waals surface area contributed by atoms with Crippen molar-refractivity contribution in [1.82, 2.24) is 0 Å². The Hall–Kier alpha value is -0.910. The first kappa shape index (κ1) is 13.2. The monoisotopic (exact) mass is 298 g/mol. The molecule has 0 heterocycles. The van der Waals surface area contributed by atoms with E-state index in [4.69, 9.17) is 4.74 Å². The van der Waals surface area contributed by atoms with Crippen LogP contribution in [0, 0.1) is 0 Å². The summed E-state index contributed by atoms with van der Waals surface area (Å²) in [5.74, 6) is 0.409. The molecule has 0 saturated carbocycles. The van der Waals surface area contributed by atoms with Gasteiger partial charge in [-0.3, -0.25) is 0 Å². The molecule has 0 aliphatic rings. The summed E-state index contributed by atoms with van der Waals surface area (Å²) in [5.41, 5.74) is 0. The highest BCUT2D eigenvalue weighted by atomic mass is 79.9. The van der Waals surface area contributed by atoms with Crippen LogP contribution in [-0.2, 0) is 0 Å². The third kappa shape index (κ3) is 4.74. The van der Waals surface area contributed by atoms with E-state index in [-0.39, 0.29) is 5.75 Å². The van der Waals surface area contributed by atoms with Gasteiger partial charge in [-0.1, -0.05) is 28.1 Å². The molecule has 0 bridgehead atoms. The summed E-state index contributed by atoms with van der Waals surface area (Å²) in [6, 6.07) is 6.26. The minimum Gasteiger partial charge on any atom is -0.489 e. The molecule has 90 valence electrons. The molecule has 0 spiro atoms. The van der Waals surface area contributed by atoms with Gasteiger partial charge < -0.3 is 9.47 Å². The Morgan fingerprint density at radius 3 is 2.12 bits per heavy atom. The zero-order chi connectivity index (χ0) is 12.0. The zero-order valence-corrected chi connectivity index (χ0v) is 9.85. The molecule has 0 radical (unpaired) electrons. The quantitative estimate of drug-likeness (QED) is 0.776. The lowest BCUT2D eigenvalue weighted by Crippen LogP contribution is -2.19. The molecule has 0 aliphatic heterocycles. The van der Waals surface area contributed by atoms with Crippen LogP contribution in [0.4, 0.5) is 13.2 Å². The minimum absolute atomic E-state index is 0.0979. The van der Waals surface area contributed by atoms with Gasteiger partial charge in [-0.25, -0.2) is 0 Å². The van der Waals surface area contributed by atoms with Crippen LogP contribution in [0.15, 0.2) is 24.3 Å². The van der Waals surface area contributed by atoms with Gasteiger partial charge in [-0.05, 0) is 12.1 Å². The van der Waals surface area contributed by atoms with E-state index in [9.17, 15) is 13.2 Å². The Bertz CT molecular complexity index is 328. The number of hydrogen-bond donors (Lipinski definition) is 0. The van der Waals surface area contributed by atoms with Crippen LogP contribution >= 0.6 is 15.9 Å². The van der Waals surface area contributed by atoms with Crippen LogP contribution < -0.4 is 9.47 Å². The summed E-state index contributed by atoms with van der Waals surface area (Å²) < 4.78 is 45.7. The largest absolute Gasteiger partial charge is 0.489 e. The fourth-order valence-corrected chi connectivity index (χ4v) is 1.16. The number of benzene rings is 1. The molecule has 1 aromatic carbocycles. The van der Waals surface area contributed by atoms with Crippen molar-refractivity contribution in [2.75, 3.05) is 18.5 Å². The molecule has 16 heavy (non-hydrogen) atoms. The highest BCUT2D eigenvalue weighted by molar-refractivity contribution is 9.09. The van der Waals surface area contributed by atoms with E-state index in [2.05, 4.69) is 20.7 Å². The Balaban J connectivity index is 2.63. The smallest absolute Gasteiger partial charge is 0.422 e. The van der Waals surface area contributed by atoms with Gasteiger partial charge in [-0.15, -0.1) is 0 Å². The van der Waals surface area contributed by atoms with E-state index in [1.54, 1.807) is 18.2 Å². The van der Waals surface area contributed by atoms with Crippen LogP contribution in [0.2, 0.25) is 0 Å². The Labute approximate surface area is 99.5 Å². The van der Waals surface area contributed by atoms with Gasteiger partial charge in [0.2, 0.25) is 0 Å². The van der Waals surface area contributed by atoms with Gasteiger partial charge in [0, 0.05) is 5.33 Å². The summed E-state index contributed by atoms with van der Waals surface area (Å²) in [6.07, 6.45) is -4.34. The first-order valence-corrected chi connectivity index (χ1v) is 5.62. The van der Waals surface area contributed by atoms with E-state index < -0.39 is 12.8 Å². The predicted octanol–water partition coefficient (Wildman–Crippen LogP) is 3.40. The number of alkyl halides is 4. The normalized spacial score (nSPS) is 11.2. The van der Waals surface area contributed by atoms with Gasteiger partial charge in [0.05, 0.1) is 6.61 Å². The first-order chi connectivity index (χ1) is 7.53. The summed E-state index contributed by atoms with van der Waals surface area (Å²) in [5, 5.41) is 0.598. The summed E-state index contributed by atoms with van der Waals surface area (Å²) in [4.78, 5) is 0. The molecular formula is C10H10BrF3O2. The van der Waals surface area contributed by atoms with E-state index >= 15 is 0 Å². The highest BCUT2D eigenvalue weighted by Crippen LogP contribution is 2.28. The minimum atomic E-state index is -4.34. The third-order valence-electron chi connectivity index (χ3n) is 1.58. The van der Waals surface area contributed by atoms with E-state index in [1.807, 2.05) is 0 Å². The molecule has 2 nitrogen and oxygen atoms in total. The topological polar surface area (TPSA) is 18.5 Å².